The van der Waals surface area contributed by atoms with Gasteiger partial charge >= 0.3 is 0 Å². The van der Waals surface area contributed by atoms with Gasteiger partial charge in [0.2, 0.25) is 0 Å². The van der Waals surface area contributed by atoms with E-state index in [2.05, 4.69) is 29.0 Å². The number of hydrogen-bond acceptors (Lipinski definition) is 2. The Bertz CT molecular complexity index is 665. The van der Waals surface area contributed by atoms with Gasteiger partial charge in [0.05, 0.1) is 18.9 Å². The third kappa shape index (κ3) is 2.50. The van der Waals surface area contributed by atoms with Crippen molar-refractivity contribution < 1.29 is 9.15 Å². The Balaban J connectivity index is 1.91. The highest BCUT2D eigenvalue weighted by molar-refractivity contribution is 5.81. The van der Waals surface area contributed by atoms with Crippen LogP contribution in [0.3, 0.4) is 0 Å². The van der Waals surface area contributed by atoms with Crippen LogP contribution in [0.4, 0.5) is 0 Å². The second-order valence-corrected chi connectivity index (χ2v) is 4.91. The molecule has 3 nitrogen and oxygen atoms in total. The zero-order chi connectivity index (χ0) is 13.2. The van der Waals surface area contributed by atoms with E-state index in [0.29, 0.717) is 0 Å². The first kappa shape index (κ1) is 11.9. The number of ether oxygens (including phenoxy) is 1. The summed E-state index contributed by atoms with van der Waals surface area (Å²) in [4.78, 5) is 0. The highest BCUT2D eigenvalue weighted by Crippen LogP contribution is 2.23. The molecule has 0 aliphatic carbocycles. The van der Waals surface area contributed by atoms with Gasteiger partial charge in [-0.05, 0) is 50.2 Å². The van der Waals surface area contributed by atoms with Crippen molar-refractivity contribution in [2.45, 2.75) is 26.5 Å². The van der Waals surface area contributed by atoms with Crippen LogP contribution in [-0.2, 0) is 6.54 Å². The van der Waals surface area contributed by atoms with E-state index in [1.165, 1.54) is 10.9 Å². The van der Waals surface area contributed by atoms with Gasteiger partial charge in [-0.1, -0.05) is 0 Å². The molecule has 0 bridgehead atoms. The number of aromatic nitrogens is 1. The smallest absolute Gasteiger partial charge is 0.123 e. The van der Waals surface area contributed by atoms with Crippen molar-refractivity contribution in [1.82, 2.24) is 4.57 Å². The quantitative estimate of drug-likeness (QED) is 0.702. The summed E-state index contributed by atoms with van der Waals surface area (Å²) in [5.41, 5.74) is 1.19. The number of fused-ring (bicyclic) bond motifs is 1. The molecule has 0 aliphatic rings. The Morgan fingerprint density at radius 3 is 2.84 bits per heavy atom. The molecular formula is C16H17NO2. The van der Waals surface area contributed by atoms with Crippen molar-refractivity contribution in [3.05, 3.63) is 54.6 Å². The Kier molecular flexibility index (Phi) is 3.03. The monoisotopic (exact) mass is 255 g/mol. The Labute approximate surface area is 112 Å². The highest BCUT2D eigenvalue weighted by atomic mass is 16.5. The average Bonchev–Trinajstić information content (AvgIpc) is 2.99. The van der Waals surface area contributed by atoms with Gasteiger partial charge in [-0.3, -0.25) is 0 Å². The number of benzene rings is 1. The van der Waals surface area contributed by atoms with Crippen LogP contribution < -0.4 is 4.74 Å². The largest absolute Gasteiger partial charge is 0.491 e. The van der Waals surface area contributed by atoms with E-state index in [9.17, 15) is 0 Å². The molecule has 0 saturated heterocycles. The van der Waals surface area contributed by atoms with Crippen LogP contribution in [0.2, 0.25) is 0 Å². The lowest BCUT2D eigenvalue weighted by atomic mass is 10.2. The normalized spacial score (nSPS) is 11.3. The molecule has 0 N–H and O–H groups in total. The number of furan rings is 1. The van der Waals surface area contributed by atoms with E-state index < -0.39 is 0 Å². The molecule has 0 saturated carbocycles. The Morgan fingerprint density at radius 1 is 1.21 bits per heavy atom. The van der Waals surface area contributed by atoms with Crippen LogP contribution in [-0.4, -0.2) is 10.7 Å². The van der Waals surface area contributed by atoms with Gasteiger partial charge in [0.15, 0.2) is 0 Å². The molecule has 0 spiro atoms. The van der Waals surface area contributed by atoms with Crippen LogP contribution in [0.15, 0.2) is 53.3 Å². The number of rotatable bonds is 4. The molecule has 2 aromatic heterocycles. The van der Waals surface area contributed by atoms with E-state index >= 15 is 0 Å². The van der Waals surface area contributed by atoms with Gasteiger partial charge in [-0.2, -0.15) is 0 Å². The fourth-order valence-corrected chi connectivity index (χ4v) is 2.23. The fourth-order valence-electron chi connectivity index (χ4n) is 2.23. The second-order valence-electron chi connectivity index (χ2n) is 4.91. The standard InChI is InChI=1S/C16H17NO2/c1-12(2)19-14-5-6-16-13(10-14)7-8-17(16)11-15-4-3-9-18-15/h3-10,12H,11H2,1-2H3. The van der Waals surface area contributed by atoms with Crippen molar-refractivity contribution in [2.75, 3.05) is 0 Å². The van der Waals surface area contributed by atoms with E-state index in [-0.39, 0.29) is 6.10 Å². The summed E-state index contributed by atoms with van der Waals surface area (Å²) in [7, 11) is 0. The van der Waals surface area contributed by atoms with Gasteiger partial charge < -0.3 is 13.7 Å². The SMILES string of the molecule is CC(C)Oc1ccc2c(ccn2Cc2ccco2)c1. The van der Waals surface area contributed by atoms with E-state index in [4.69, 9.17) is 9.15 Å². The fraction of sp³-hybridized carbons (Fsp3) is 0.250. The lowest BCUT2D eigenvalue weighted by Crippen LogP contribution is -2.05. The van der Waals surface area contributed by atoms with Crippen molar-refractivity contribution in [3.63, 3.8) is 0 Å². The Hall–Kier alpha value is -2.16. The first-order chi connectivity index (χ1) is 9.22. The molecule has 19 heavy (non-hydrogen) atoms. The van der Waals surface area contributed by atoms with Crippen LogP contribution >= 0.6 is 0 Å². The topological polar surface area (TPSA) is 27.3 Å². The molecule has 98 valence electrons. The van der Waals surface area contributed by atoms with Crippen molar-refractivity contribution >= 4 is 10.9 Å². The number of nitrogens with zero attached hydrogens (tertiary/aromatic N) is 1. The first-order valence-electron chi connectivity index (χ1n) is 6.50. The highest BCUT2D eigenvalue weighted by Gasteiger charge is 2.05. The maximum absolute atomic E-state index is 5.71. The summed E-state index contributed by atoms with van der Waals surface area (Å²) in [5, 5.41) is 1.18. The van der Waals surface area contributed by atoms with Crippen LogP contribution in [0.1, 0.15) is 19.6 Å². The maximum Gasteiger partial charge on any atom is 0.123 e. The van der Waals surface area contributed by atoms with Gasteiger partial charge in [-0.15, -0.1) is 0 Å². The lowest BCUT2D eigenvalue weighted by molar-refractivity contribution is 0.243. The molecule has 0 unspecified atom stereocenters. The van der Waals surface area contributed by atoms with Gasteiger partial charge in [0.1, 0.15) is 11.5 Å². The van der Waals surface area contributed by atoms with E-state index in [1.54, 1.807) is 6.26 Å². The third-order valence-corrected chi connectivity index (χ3v) is 3.02. The molecule has 1 aromatic carbocycles. The molecule has 0 amide bonds. The van der Waals surface area contributed by atoms with Gasteiger partial charge in [0.25, 0.3) is 0 Å². The second kappa shape index (κ2) is 4.84. The van der Waals surface area contributed by atoms with E-state index in [1.807, 2.05) is 32.0 Å². The van der Waals surface area contributed by atoms with Crippen molar-refractivity contribution in [2.24, 2.45) is 0 Å². The third-order valence-electron chi connectivity index (χ3n) is 3.02. The summed E-state index contributed by atoms with van der Waals surface area (Å²) < 4.78 is 13.3. The van der Waals surface area contributed by atoms with E-state index in [0.717, 1.165) is 18.1 Å². The Morgan fingerprint density at radius 2 is 2.11 bits per heavy atom. The van der Waals surface area contributed by atoms with Gasteiger partial charge in [0, 0.05) is 17.1 Å². The van der Waals surface area contributed by atoms with Crippen LogP contribution in [0.5, 0.6) is 5.75 Å². The predicted octanol–water partition coefficient (Wildman–Crippen LogP) is 4.07. The maximum atomic E-state index is 5.71. The minimum atomic E-state index is 0.197. The zero-order valence-corrected chi connectivity index (χ0v) is 11.2. The molecule has 0 aliphatic heterocycles. The molecule has 0 atom stereocenters. The average molecular weight is 255 g/mol. The van der Waals surface area contributed by atoms with Crippen LogP contribution in [0.25, 0.3) is 10.9 Å². The molecule has 3 rings (SSSR count). The zero-order valence-electron chi connectivity index (χ0n) is 11.2. The van der Waals surface area contributed by atoms with Crippen LogP contribution in [0, 0.1) is 0 Å². The van der Waals surface area contributed by atoms with Crippen molar-refractivity contribution in [3.8, 4) is 5.75 Å². The lowest BCUT2D eigenvalue weighted by Gasteiger charge is -2.10. The molecule has 0 fully saturated rings. The minimum Gasteiger partial charge on any atom is -0.491 e. The summed E-state index contributed by atoms with van der Waals surface area (Å²) >= 11 is 0. The summed E-state index contributed by atoms with van der Waals surface area (Å²) in [5.74, 6) is 1.87. The summed E-state index contributed by atoms with van der Waals surface area (Å²) in [6, 6.07) is 12.2. The minimum absolute atomic E-state index is 0.197. The molecule has 2 heterocycles. The molecule has 3 aromatic rings. The molecule has 0 radical (unpaired) electrons. The summed E-state index contributed by atoms with van der Waals surface area (Å²) in [6.07, 6.45) is 3.98. The predicted molar refractivity (Wildman–Crippen MR) is 75.5 cm³/mol. The molecular weight excluding hydrogens is 238 g/mol. The first-order valence-corrected chi connectivity index (χ1v) is 6.50. The molecule has 3 heteroatoms. The number of hydrogen-bond donors (Lipinski definition) is 0. The summed E-state index contributed by atoms with van der Waals surface area (Å²) in [6.45, 7) is 4.82. The van der Waals surface area contributed by atoms with Crippen molar-refractivity contribution in [1.29, 1.82) is 0 Å². The van der Waals surface area contributed by atoms with Gasteiger partial charge in [-0.25, -0.2) is 0 Å².